The summed E-state index contributed by atoms with van der Waals surface area (Å²) in [6.45, 7) is 6.18. The molecule has 1 aromatic rings. The van der Waals surface area contributed by atoms with Gasteiger partial charge in [0.1, 0.15) is 0 Å². The topological polar surface area (TPSA) is 97.0 Å². The fourth-order valence-electron chi connectivity index (χ4n) is 1.67. The van der Waals surface area contributed by atoms with Gasteiger partial charge in [0.05, 0.1) is 5.60 Å². The number of nitrogens with zero attached hydrogens (tertiary/aromatic N) is 3. The Labute approximate surface area is 106 Å². The number of nitrogens with two attached hydrogens (primary N) is 1. The minimum absolute atomic E-state index is 0.0310. The Bertz CT molecular complexity index is 363. The Balaban J connectivity index is 2.60. The van der Waals surface area contributed by atoms with Gasteiger partial charge >= 0.3 is 0 Å². The van der Waals surface area contributed by atoms with Gasteiger partial charge in [-0.05, 0) is 30.9 Å². The summed E-state index contributed by atoms with van der Waals surface area (Å²) in [4.78, 5) is 11.4. The SMILES string of the molecule is CC(C)CC(C)(O)CNc1nc(N)nc(Cl)n1. The molecule has 0 aromatic carbocycles. The number of nitrogen functional groups attached to an aromatic ring is 1. The van der Waals surface area contributed by atoms with Crippen LogP contribution in [0.25, 0.3) is 0 Å². The van der Waals surface area contributed by atoms with E-state index in [9.17, 15) is 5.11 Å². The molecule has 6 nitrogen and oxygen atoms in total. The maximum Gasteiger partial charge on any atom is 0.228 e. The second-order valence-corrected chi connectivity index (χ2v) is 5.07. The van der Waals surface area contributed by atoms with Crippen molar-refractivity contribution in [3.63, 3.8) is 0 Å². The summed E-state index contributed by atoms with van der Waals surface area (Å²) in [5, 5.41) is 13.0. The van der Waals surface area contributed by atoms with Crippen molar-refractivity contribution in [2.75, 3.05) is 17.6 Å². The summed E-state index contributed by atoms with van der Waals surface area (Å²) >= 11 is 5.64. The largest absolute Gasteiger partial charge is 0.388 e. The Morgan fingerprint density at radius 1 is 1.41 bits per heavy atom. The van der Waals surface area contributed by atoms with Crippen molar-refractivity contribution in [2.45, 2.75) is 32.8 Å². The highest BCUT2D eigenvalue weighted by molar-refractivity contribution is 6.28. The van der Waals surface area contributed by atoms with Crippen LogP contribution in [0.4, 0.5) is 11.9 Å². The van der Waals surface area contributed by atoms with E-state index < -0.39 is 5.60 Å². The monoisotopic (exact) mass is 259 g/mol. The zero-order chi connectivity index (χ0) is 13.1. The molecule has 0 spiro atoms. The lowest BCUT2D eigenvalue weighted by molar-refractivity contribution is 0.0514. The Morgan fingerprint density at radius 2 is 2.06 bits per heavy atom. The molecule has 0 radical (unpaired) electrons. The molecule has 0 fully saturated rings. The molecule has 1 atom stereocenters. The second kappa shape index (κ2) is 5.46. The predicted octanol–water partition coefficient (Wildman–Crippen LogP) is 1.32. The van der Waals surface area contributed by atoms with E-state index >= 15 is 0 Å². The first-order chi connectivity index (χ1) is 7.78. The molecule has 1 rings (SSSR count). The van der Waals surface area contributed by atoms with Crippen molar-refractivity contribution in [3.8, 4) is 0 Å². The fourth-order valence-corrected chi connectivity index (χ4v) is 1.83. The number of hydrogen-bond donors (Lipinski definition) is 3. The summed E-state index contributed by atoms with van der Waals surface area (Å²) in [7, 11) is 0. The van der Waals surface area contributed by atoms with E-state index in [1.165, 1.54) is 0 Å². The van der Waals surface area contributed by atoms with Crippen molar-refractivity contribution in [3.05, 3.63) is 5.28 Å². The number of nitrogens with one attached hydrogen (secondary N) is 1. The molecule has 0 saturated heterocycles. The highest BCUT2D eigenvalue weighted by atomic mass is 35.5. The maximum absolute atomic E-state index is 10.1. The number of rotatable bonds is 5. The van der Waals surface area contributed by atoms with E-state index in [1.54, 1.807) is 6.92 Å². The van der Waals surface area contributed by atoms with Gasteiger partial charge in [0.25, 0.3) is 0 Å². The summed E-state index contributed by atoms with van der Waals surface area (Å²) in [5.74, 6) is 0.723. The molecule has 0 aliphatic carbocycles. The number of halogens is 1. The van der Waals surface area contributed by atoms with Gasteiger partial charge in [0.2, 0.25) is 17.2 Å². The Hall–Kier alpha value is -1.14. The van der Waals surface area contributed by atoms with Crippen LogP contribution < -0.4 is 11.1 Å². The van der Waals surface area contributed by atoms with Crippen LogP contribution in [0.15, 0.2) is 0 Å². The lowest BCUT2D eigenvalue weighted by Gasteiger charge is -2.25. The maximum atomic E-state index is 10.1. The van der Waals surface area contributed by atoms with Gasteiger partial charge in [-0.3, -0.25) is 0 Å². The summed E-state index contributed by atoms with van der Waals surface area (Å²) < 4.78 is 0. The third-order valence-corrected chi connectivity index (χ3v) is 2.27. The zero-order valence-electron chi connectivity index (χ0n) is 10.2. The third kappa shape index (κ3) is 5.14. The molecule has 7 heteroatoms. The minimum atomic E-state index is -0.831. The molecular weight excluding hydrogens is 242 g/mol. The molecule has 1 heterocycles. The van der Waals surface area contributed by atoms with Crippen molar-refractivity contribution >= 4 is 23.5 Å². The van der Waals surface area contributed by atoms with Crippen LogP contribution in [-0.4, -0.2) is 32.2 Å². The highest BCUT2D eigenvalue weighted by Gasteiger charge is 2.22. The van der Waals surface area contributed by atoms with E-state index in [-0.39, 0.29) is 17.2 Å². The first kappa shape index (κ1) is 13.9. The van der Waals surface area contributed by atoms with Crippen LogP contribution in [0.3, 0.4) is 0 Å². The number of anilines is 2. The van der Waals surface area contributed by atoms with Gasteiger partial charge in [-0.2, -0.15) is 15.0 Å². The average Bonchev–Trinajstić information content (AvgIpc) is 2.11. The van der Waals surface area contributed by atoms with E-state index in [2.05, 4.69) is 20.3 Å². The highest BCUT2D eigenvalue weighted by Crippen LogP contribution is 2.17. The van der Waals surface area contributed by atoms with Crippen LogP contribution in [-0.2, 0) is 0 Å². The van der Waals surface area contributed by atoms with Gasteiger partial charge in [-0.25, -0.2) is 0 Å². The van der Waals surface area contributed by atoms with Gasteiger partial charge in [-0.1, -0.05) is 13.8 Å². The lowest BCUT2D eigenvalue weighted by atomic mass is 9.94. The molecule has 0 amide bonds. The van der Waals surface area contributed by atoms with Gasteiger partial charge in [0, 0.05) is 6.54 Å². The predicted molar refractivity (Wildman–Crippen MR) is 67.8 cm³/mol. The van der Waals surface area contributed by atoms with Crippen molar-refractivity contribution in [1.29, 1.82) is 0 Å². The van der Waals surface area contributed by atoms with E-state index in [0.717, 1.165) is 0 Å². The minimum Gasteiger partial charge on any atom is -0.388 e. The first-order valence-corrected chi connectivity index (χ1v) is 5.79. The standard InChI is InChI=1S/C10H18ClN5O/c1-6(2)4-10(3,17)5-13-9-15-7(11)14-8(12)16-9/h6,17H,4-5H2,1-3H3,(H3,12,13,14,15,16). The molecule has 1 aromatic heterocycles. The molecule has 4 N–H and O–H groups in total. The summed E-state index contributed by atoms with van der Waals surface area (Å²) in [5.41, 5.74) is 4.60. The number of aromatic nitrogens is 3. The first-order valence-electron chi connectivity index (χ1n) is 5.42. The molecule has 96 valence electrons. The van der Waals surface area contributed by atoms with E-state index in [0.29, 0.717) is 18.9 Å². The van der Waals surface area contributed by atoms with Crippen LogP contribution in [0.5, 0.6) is 0 Å². The average molecular weight is 260 g/mol. The molecule has 17 heavy (non-hydrogen) atoms. The van der Waals surface area contributed by atoms with E-state index in [1.807, 2.05) is 13.8 Å². The smallest absolute Gasteiger partial charge is 0.228 e. The van der Waals surface area contributed by atoms with Crippen molar-refractivity contribution in [2.24, 2.45) is 5.92 Å². The van der Waals surface area contributed by atoms with Gasteiger partial charge < -0.3 is 16.2 Å². The van der Waals surface area contributed by atoms with Gasteiger partial charge in [0.15, 0.2) is 0 Å². The Kier molecular flexibility index (Phi) is 4.47. The number of hydrogen-bond acceptors (Lipinski definition) is 6. The molecule has 0 aliphatic rings. The summed E-state index contributed by atoms with van der Waals surface area (Å²) in [6, 6.07) is 0. The fraction of sp³-hybridized carbons (Fsp3) is 0.700. The molecular formula is C10H18ClN5O. The summed E-state index contributed by atoms with van der Waals surface area (Å²) in [6.07, 6.45) is 0.675. The number of aliphatic hydroxyl groups is 1. The zero-order valence-corrected chi connectivity index (χ0v) is 11.0. The van der Waals surface area contributed by atoms with Crippen LogP contribution in [0.2, 0.25) is 5.28 Å². The molecule has 1 unspecified atom stereocenters. The van der Waals surface area contributed by atoms with Crippen LogP contribution >= 0.6 is 11.6 Å². The van der Waals surface area contributed by atoms with Crippen molar-refractivity contribution in [1.82, 2.24) is 15.0 Å². The lowest BCUT2D eigenvalue weighted by Crippen LogP contribution is -2.35. The van der Waals surface area contributed by atoms with E-state index in [4.69, 9.17) is 17.3 Å². The van der Waals surface area contributed by atoms with Crippen LogP contribution in [0.1, 0.15) is 27.2 Å². The Morgan fingerprint density at radius 3 is 2.59 bits per heavy atom. The van der Waals surface area contributed by atoms with Crippen LogP contribution in [0, 0.1) is 5.92 Å². The molecule has 0 saturated carbocycles. The third-order valence-electron chi connectivity index (χ3n) is 2.10. The normalized spacial score (nSPS) is 14.7. The van der Waals surface area contributed by atoms with Crippen molar-refractivity contribution < 1.29 is 5.11 Å². The molecule has 0 aliphatic heterocycles. The van der Waals surface area contributed by atoms with Gasteiger partial charge in [-0.15, -0.1) is 0 Å². The molecule has 0 bridgehead atoms. The second-order valence-electron chi connectivity index (χ2n) is 4.73. The quantitative estimate of drug-likeness (QED) is 0.738.